The Kier molecular flexibility index (Phi) is 3.51. The first-order chi connectivity index (χ1) is 8.33. The predicted molar refractivity (Wildman–Crippen MR) is 61.1 cm³/mol. The lowest BCUT2D eigenvalue weighted by atomic mass is 9.98. The Balaban J connectivity index is 2.54. The van der Waals surface area contributed by atoms with Crippen LogP contribution in [0.3, 0.4) is 0 Å². The highest BCUT2D eigenvalue weighted by atomic mass is 17.2. The van der Waals surface area contributed by atoms with Gasteiger partial charge in [0.2, 0.25) is 0 Å². The maximum Gasteiger partial charge on any atom is 0.283 e. The molecule has 2 N–H and O–H groups in total. The second kappa shape index (κ2) is 5.07. The zero-order valence-electron chi connectivity index (χ0n) is 8.98. The van der Waals surface area contributed by atoms with Crippen LogP contribution in [0, 0.1) is 0 Å². The van der Waals surface area contributed by atoms with Crippen molar-refractivity contribution < 1.29 is 20.3 Å². The summed E-state index contributed by atoms with van der Waals surface area (Å²) in [6, 6.07) is 17.4. The van der Waals surface area contributed by atoms with Crippen molar-refractivity contribution in [1.82, 2.24) is 0 Å². The summed E-state index contributed by atoms with van der Waals surface area (Å²) in [7, 11) is 0. The van der Waals surface area contributed by atoms with Crippen molar-refractivity contribution in [2.75, 3.05) is 0 Å². The van der Waals surface area contributed by atoms with Gasteiger partial charge in [-0.3, -0.25) is 0 Å². The Bertz CT molecular complexity index is 410. The Labute approximate surface area is 98.5 Å². The van der Waals surface area contributed by atoms with Gasteiger partial charge in [0, 0.05) is 11.1 Å². The van der Waals surface area contributed by atoms with E-state index in [0.717, 1.165) is 0 Å². The van der Waals surface area contributed by atoms with Gasteiger partial charge in [0.15, 0.2) is 0 Å². The maximum absolute atomic E-state index is 9.10. The average Bonchev–Trinajstić information content (AvgIpc) is 2.43. The van der Waals surface area contributed by atoms with Gasteiger partial charge >= 0.3 is 0 Å². The highest BCUT2D eigenvalue weighted by Crippen LogP contribution is 2.33. The zero-order valence-corrected chi connectivity index (χ0v) is 8.98. The number of benzene rings is 2. The molecular formula is C13H12O4. The van der Waals surface area contributed by atoms with E-state index in [2.05, 4.69) is 9.78 Å². The lowest BCUT2D eigenvalue weighted by Gasteiger charge is -2.27. The zero-order chi connectivity index (χ0) is 12.1. The van der Waals surface area contributed by atoms with E-state index in [1.807, 2.05) is 12.1 Å². The first kappa shape index (κ1) is 11.8. The van der Waals surface area contributed by atoms with E-state index in [9.17, 15) is 0 Å². The lowest BCUT2D eigenvalue weighted by molar-refractivity contribution is -0.480. The molecule has 0 aliphatic heterocycles. The third-order valence-corrected chi connectivity index (χ3v) is 2.56. The van der Waals surface area contributed by atoms with E-state index in [1.165, 1.54) is 0 Å². The van der Waals surface area contributed by atoms with Crippen molar-refractivity contribution in [2.45, 2.75) is 5.79 Å². The molecule has 0 fully saturated rings. The minimum absolute atomic E-state index is 0.483. The minimum atomic E-state index is -1.72. The normalized spacial score (nSPS) is 11.4. The Morgan fingerprint density at radius 2 is 1.00 bits per heavy atom. The van der Waals surface area contributed by atoms with Crippen LogP contribution in [-0.2, 0) is 15.6 Å². The molecule has 0 amide bonds. The Hall–Kier alpha value is -1.72. The van der Waals surface area contributed by atoms with Crippen LogP contribution in [0.2, 0.25) is 0 Å². The topological polar surface area (TPSA) is 58.9 Å². The summed E-state index contributed by atoms with van der Waals surface area (Å²) >= 11 is 0. The van der Waals surface area contributed by atoms with E-state index >= 15 is 0 Å². The molecule has 2 aromatic carbocycles. The summed E-state index contributed by atoms with van der Waals surface area (Å²) in [4.78, 5) is 8.77. The van der Waals surface area contributed by atoms with Gasteiger partial charge in [-0.25, -0.2) is 10.5 Å². The molecule has 0 aliphatic rings. The SMILES string of the molecule is OOC(OO)(c1ccccc1)c1ccccc1. The molecule has 0 spiro atoms. The lowest BCUT2D eigenvalue weighted by Crippen LogP contribution is -2.32. The standard InChI is InChI=1S/C13H12O4/c14-16-13(17-15,11-7-3-1-4-8-11)12-9-5-2-6-10-12/h1-10,14-15H. The summed E-state index contributed by atoms with van der Waals surface area (Å²) in [6.45, 7) is 0. The summed E-state index contributed by atoms with van der Waals surface area (Å²) in [5, 5.41) is 18.2. The summed E-state index contributed by atoms with van der Waals surface area (Å²) in [5.41, 5.74) is 0.965. The fourth-order valence-corrected chi connectivity index (χ4v) is 1.71. The number of hydrogen-bond donors (Lipinski definition) is 2. The van der Waals surface area contributed by atoms with Crippen molar-refractivity contribution in [3.8, 4) is 0 Å². The van der Waals surface area contributed by atoms with Gasteiger partial charge < -0.3 is 0 Å². The molecule has 4 nitrogen and oxygen atoms in total. The predicted octanol–water partition coefficient (Wildman–Crippen LogP) is 2.87. The first-order valence-corrected chi connectivity index (χ1v) is 5.09. The van der Waals surface area contributed by atoms with Gasteiger partial charge in [0.1, 0.15) is 0 Å². The molecule has 0 saturated carbocycles. The van der Waals surface area contributed by atoms with Crippen LogP contribution in [-0.4, -0.2) is 10.5 Å². The Morgan fingerprint density at radius 3 is 1.29 bits per heavy atom. The molecule has 0 atom stereocenters. The van der Waals surface area contributed by atoms with Crippen LogP contribution in [0.4, 0.5) is 0 Å². The highest BCUT2D eigenvalue weighted by molar-refractivity contribution is 5.33. The smallest absolute Gasteiger partial charge is 0.248 e. The molecular weight excluding hydrogens is 220 g/mol. The van der Waals surface area contributed by atoms with Gasteiger partial charge in [-0.2, -0.15) is 9.78 Å². The maximum atomic E-state index is 9.10. The molecule has 0 aliphatic carbocycles. The summed E-state index contributed by atoms with van der Waals surface area (Å²) < 4.78 is 0. The van der Waals surface area contributed by atoms with Gasteiger partial charge in [0.05, 0.1) is 0 Å². The molecule has 4 heteroatoms. The quantitative estimate of drug-likeness (QED) is 0.483. The van der Waals surface area contributed by atoms with Crippen molar-refractivity contribution in [1.29, 1.82) is 0 Å². The molecule has 0 aromatic heterocycles. The molecule has 2 rings (SSSR count). The molecule has 88 valence electrons. The van der Waals surface area contributed by atoms with Crippen LogP contribution < -0.4 is 0 Å². The molecule has 17 heavy (non-hydrogen) atoms. The van der Waals surface area contributed by atoms with Gasteiger partial charge in [-0.05, 0) is 0 Å². The second-order valence-corrected chi connectivity index (χ2v) is 3.53. The fourth-order valence-electron chi connectivity index (χ4n) is 1.71. The molecule has 0 bridgehead atoms. The van der Waals surface area contributed by atoms with Crippen LogP contribution in [0.15, 0.2) is 60.7 Å². The molecule has 0 radical (unpaired) electrons. The van der Waals surface area contributed by atoms with Crippen LogP contribution in [0.25, 0.3) is 0 Å². The van der Waals surface area contributed by atoms with Crippen LogP contribution >= 0.6 is 0 Å². The van der Waals surface area contributed by atoms with E-state index in [1.54, 1.807) is 48.5 Å². The van der Waals surface area contributed by atoms with E-state index in [4.69, 9.17) is 10.5 Å². The second-order valence-electron chi connectivity index (χ2n) is 3.53. The minimum Gasteiger partial charge on any atom is -0.248 e. The highest BCUT2D eigenvalue weighted by Gasteiger charge is 2.38. The van der Waals surface area contributed by atoms with E-state index in [-0.39, 0.29) is 0 Å². The van der Waals surface area contributed by atoms with Crippen LogP contribution in [0.1, 0.15) is 11.1 Å². The third kappa shape index (κ3) is 2.07. The van der Waals surface area contributed by atoms with Gasteiger partial charge in [-0.1, -0.05) is 60.7 Å². The molecule has 2 aromatic rings. The van der Waals surface area contributed by atoms with Crippen LogP contribution in [0.5, 0.6) is 0 Å². The summed E-state index contributed by atoms with van der Waals surface area (Å²) in [5.74, 6) is -1.72. The van der Waals surface area contributed by atoms with Gasteiger partial charge in [-0.15, -0.1) is 0 Å². The van der Waals surface area contributed by atoms with E-state index in [0.29, 0.717) is 11.1 Å². The molecule has 0 heterocycles. The molecule has 0 saturated heterocycles. The van der Waals surface area contributed by atoms with E-state index < -0.39 is 5.79 Å². The number of rotatable bonds is 4. The summed E-state index contributed by atoms with van der Waals surface area (Å²) in [6.07, 6.45) is 0. The Morgan fingerprint density at radius 1 is 0.647 bits per heavy atom. The third-order valence-electron chi connectivity index (χ3n) is 2.56. The van der Waals surface area contributed by atoms with Crippen molar-refractivity contribution in [3.05, 3.63) is 71.8 Å². The first-order valence-electron chi connectivity index (χ1n) is 5.09. The van der Waals surface area contributed by atoms with Gasteiger partial charge in [0.25, 0.3) is 5.79 Å². The average molecular weight is 232 g/mol. The van der Waals surface area contributed by atoms with Crippen molar-refractivity contribution >= 4 is 0 Å². The fraction of sp³-hybridized carbons (Fsp3) is 0.0769. The van der Waals surface area contributed by atoms with Crippen molar-refractivity contribution in [2.24, 2.45) is 0 Å². The number of hydrogen-bond acceptors (Lipinski definition) is 4. The molecule has 0 unspecified atom stereocenters. The monoisotopic (exact) mass is 232 g/mol. The van der Waals surface area contributed by atoms with Crippen molar-refractivity contribution in [3.63, 3.8) is 0 Å². The largest absolute Gasteiger partial charge is 0.283 e.